The summed E-state index contributed by atoms with van der Waals surface area (Å²) in [5, 5.41) is 9.32. The lowest BCUT2D eigenvalue weighted by Gasteiger charge is -2.12. The van der Waals surface area contributed by atoms with E-state index < -0.39 is 5.97 Å². The molecule has 0 heterocycles. The van der Waals surface area contributed by atoms with Gasteiger partial charge in [-0.05, 0) is 12.8 Å². The number of hydrogen-bond acceptors (Lipinski definition) is 1. The van der Waals surface area contributed by atoms with Gasteiger partial charge in [-0.1, -0.05) is 104 Å². The Morgan fingerprint density at radius 3 is 1.27 bits per heavy atom. The monoisotopic (exact) mass is 312 g/mol. The SMILES string of the molecule is CCCCCCCCCC(CCCCCCCCC)C(=O)O. The number of carboxylic acid groups (broad SMARTS) is 1. The maximum Gasteiger partial charge on any atom is 0.306 e. The third kappa shape index (κ3) is 14.4. The van der Waals surface area contributed by atoms with E-state index in [0.29, 0.717) is 0 Å². The molecule has 0 radical (unpaired) electrons. The van der Waals surface area contributed by atoms with Crippen molar-refractivity contribution in [2.75, 3.05) is 0 Å². The number of unbranched alkanes of at least 4 members (excludes halogenated alkanes) is 12. The van der Waals surface area contributed by atoms with E-state index in [4.69, 9.17) is 0 Å². The summed E-state index contributed by atoms with van der Waals surface area (Å²) in [6.07, 6.45) is 19.6. The fourth-order valence-electron chi connectivity index (χ4n) is 3.09. The molecular weight excluding hydrogens is 272 g/mol. The van der Waals surface area contributed by atoms with Gasteiger partial charge in [-0.3, -0.25) is 4.79 Å². The Morgan fingerprint density at radius 2 is 0.955 bits per heavy atom. The summed E-state index contributed by atoms with van der Waals surface area (Å²) < 4.78 is 0. The Kier molecular flexibility index (Phi) is 16.4. The minimum absolute atomic E-state index is 0.0914. The summed E-state index contributed by atoms with van der Waals surface area (Å²) in [6.45, 7) is 4.47. The van der Waals surface area contributed by atoms with Crippen molar-refractivity contribution in [2.45, 2.75) is 117 Å². The molecule has 0 rings (SSSR count). The number of aliphatic carboxylic acids is 1. The highest BCUT2D eigenvalue weighted by atomic mass is 16.4. The molecule has 2 heteroatoms. The molecule has 0 amide bonds. The smallest absolute Gasteiger partial charge is 0.306 e. The quantitative estimate of drug-likeness (QED) is 0.294. The number of carboxylic acids is 1. The molecule has 0 fully saturated rings. The zero-order chi connectivity index (χ0) is 16.5. The first kappa shape index (κ1) is 21.5. The molecule has 0 saturated carbocycles. The summed E-state index contributed by atoms with van der Waals surface area (Å²) in [4.78, 5) is 11.3. The van der Waals surface area contributed by atoms with E-state index >= 15 is 0 Å². The van der Waals surface area contributed by atoms with Crippen molar-refractivity contribution in [1.29, 1.82) is 0 Å². The van der Waals surface area contributed by atoms with Gasteiger partial charge in [0.25, 0.3) is 0 Å². The van der Waals surface area contributed by atoms with Gasteiger partial charge >= 0.3 is 5.97 Å². The summed E-state index contributed by atoms with van der Waals surface area (Å²) in [5.41, 5.74) is 0. The van der Waals surface area contributed by atoms with E-state index in [1.165, 1.54) is 77.0 Å². The minimum atomic E-state index is -0.572. The van der Waals surface area contributed by atoms with Crippen LogP contribution in [0.3, 0.4) is 0 Å². The van der Waals surface area contributed by atoms with Crippen molar-refractivity contribution in [1.82, 2.24) is 0 Å². The van der Waals surface area contributed by atoms with Crippen molar-refractivity contribution in [2.24, 2.45) is 5.92 Å². The molecule has 2 nitrogen and oxygen atoms in total. The maximum atomic E-state index is 11.3. The number of rotatable bonds is 17. The van der Waals surface area contributed by atoms with Gasteiger partial charge in [0.1, 0.15) is 0 Å². The molecule has 0 aromatic heterocycles. The van der Waals surface area contributed by atoms with E-state index in [-0.39, 0.29) is 5.92 Å². The van der Waals surface area contributed by atoms with E-state index in [1.807, 2.05) is 0 Å². The molecule has 0 bridgehead atoms. The Hall–Kier alpha value is -0.530. The molecule has 1 N–H and O–H groups in total. The van der Waals surface area contributed by atoms with Gasteiger partial charge in [-0.2, -0.15) is 0 Å². The molecule has 0 spiro atoms. The van der Waals surface area contributed by atoms with Crippen LogP contribution in [-0.4, -0.2) is 11.1 Å². The van der Waals surface area contributed by atoms with Crippen LogP contribution >= 0.6 is 0 Å². The average Bonchev–Trinajstić information content (AvgIpc) is 2.50. The Morgan fingerprint density at radius 1 is 0.636 bits per heavy atom. The third-order valence-corrected chi connectivity index (χ3v) is 4.66. The highest BCUT2D eigenvalue weighted by molar-refractivity contribution is 5.69. The first-order valence-corrected chi connectivity index (χ1v) is 9.95. The van der Waals surface area contributed by atoms with Crippen LogP contribution in [0.25, 0.3) is 0 Å². The van der Waals surface area contributed by atoms with Crippen LogP contribution in [0.2, 0.25) is 0 Å². The summed E-state index contributed by atoms with van der Waals surface area (Å²) in [6, 6.07) is 0. The van der Waals surface area contributed by atoms with Crippen LogP contribution in [0, 0.1) is 5.92 Å². The average molecular weight is 313 g/mol. The zero-order valence-corrected chi connectivity index (χ0v) is 15.2. The van der Waals surface area contributed by atoms with Crippen molar-refractivity contribution in [3.63, 3.8) is 0 Å². The summed E-state index contributed by atoms with van der Waals surface area (Å²) in [7, 11) is 0. The zero-order valence-electron chi connectivity index (χ0n) is 15.2. The molecule has 0 atom stereocenters. The Labute approximate surface area is 139 Å². The molecule has 132 valence electrons. The van der Waals surface area contributed by atoms with Crippen LogP contribution in [-0.2, 0) is 4.79 Å². The van der Waals surface area contributed by atoms with Crippen molar-refractivity contribution < 1.29 is 9.90 Å². The summed E-state index contributed by atoms with van der Waals surface area (Å²) in [5.74, 6) is -0.664. The van der Waals surface area contributed by atoms with Crippen molar-refractivity contribution >= 4 is 5.97 Å². The normalized spacial score (nSPS) is 11.2. The van der Waals surface area contributed by atoms with Gasteiger partial charge in [0.15, 0.2) is 0 Å². The van der Waals surface area contributed by atoms with Crippen LogP contribution in [0.1, 0.15) is 117 Å². The predicted molar refractivity (Wildman–Crippen MR) is 96.3 cm³/mol. The second-order valence-electron chi connectivity index (χ2n) is 6.86. The fourth-order valence-corrected chi connectivity index (χ4v) is 3.09. The Balaban J connectivity index is 3.51. The molecule has 0 saturated heterocycles. The lowest BCUT2D eigenvalue weighted by atomic mass is 9.94. The largest absolute Gasteiger partial charge is 0.481 e. The van der Waals surface area contributed by atoms with E-state index in [2.05, 4.69) is 13.8 Å². The van der Waals surface area contributed by atoms with Crippen LogP contribution < -0.4 is 0 Å². The van der Waals surface area contributed by atoms with Crippen LogP contribution in [0.5, 0.6) is 0 Å². The highest BCUT2D eigenvalue weighted by Gasteiger charge is 2.16. The molecule has 22 heavy (non-hydrogen) atoms. The predicted octanol–water partition coefficient (Wildman–Crippen LogP) is 6.97. The number of hydrogen-bond donors (Lipinski definition) is 1. The van der Waals surface area contributed by atoms with E-state index in [0.717, 1.165) is 25.7 Å². The van der Waals surface area contributed by atoms with Crippen LogP contribution in [0.15, 0.2) is 0 Å². The van der Waals surface area contributed by atoms with Gasteiger partial charge in [0.2, 0.25) is 0 Å². The van der Waals surface area contributed by atoms with E-state index in [1.54, 1.807) is 0 Å². The third-order valence-electron chi connectivity index (χ3n) is 4.66. The topological polar surface area (TPSA) is 37.3 Å². The van der Waals surface area contributed by atoms with Gasteiger partial charge in [0.05, 0.1) is 5.92 Å². The van der Waals surface area contributed by atoms with Gasteiger partial charge in [0, 0.05) is 0 Å². The molecule has 0 aliphatic rings. The number of carbonyl (C=O) groups is 1. The molecule has 0 aliphatic heterocycles. The van der Waals surface area contributed by atoms with Crippen LogP contribution in [0.4, 0.5) is 0 Å². The molecule has 0 aromatic carbocycles. The molecule has 0 unspecified atom stereocenters. The highest BCUT2D eigenvalue weighted by Crippen LogP contribution is 2.19. The first-order chi connectivity index (χ1) is 10.7. The van der Waals surface area contributed by atoms with Gasteiger partial charge in [-0.25, -0.2) is 0 Å². The fraction of sp³-hybridized carbons (Fsp3) is 0.950. The van der Waals surface area contributed by atoms with Crippen molar-refractivity contribution in [3.05, 3.63) is 0 Å². The second kappa shape index (κ2) is 16.8. The summed E-state index contributed by atoms with van der Waals surface area (Å²) >= 11 is 0. The van der Waals surface area contributed by atoms with Crippen molar-refractivity contribution in [3.8, 4) is 0 Å². The minimum Gasteiger partial charge on any atom is -0.481 e. The van der Waals surface area contributed by atoms with Gasteiger partial charge < -0.3 is 5.11 Å². The Bertz CT molecular complexity index is 220. The second-order valence-corrected chi connectivity index (χ2v) is 6.86. The lowest BCUT2D eigenvalue weighted by molar-refractivity contribution is -0.142. The van der Waals surface area contributed by atoms with E-state index in [9.17, 15) is 9.90 Å². The maximum absolute atomic E-state index is 11.3. The molecule has 0 aliphatic carbocycles. The van der Waals surface area contributed by atoms with Gasteiger partial charge in [-0.15, -0.1) is 0 Å². The molecule has 0 aromatic rings. The molecular formula is C20H40O2. The first-order valence-electron chi connectivity index (χ1n) is 9.95. The lowest BCUT2D eigenvalue weighted by Crippen LogP contribution is -2.13. The standard InChI is InChI=1S/C20H40O2/c1-3-5-7-9-11-13-15-17-19(20(21)22)18-16-14-12-10-8-6-4-2/h19H,3-18H2,1-2H3,(H,21,22).